The highest BCUT2D eigenvalue weighted by Gasteiger charge is 2.11. The first-order valence-electron chi connectivity index (χ1n) is 6.83. The third-order valence-electron chi connectivity index (χ3n) is 3.12. The summed E-state index contributed by atoms with van der Waals surface area (Å²) in [5.41, 5.74) is 2.13. The smallest absolute Gasteiger partial charge is 0.335 e. The van der Waals surface area contributed by atoms with Gasteiger partial charge in [0, 0.05) is 5.69 Å². The molecule has 1 amide bonds. The van der Waals surface area contributed by atoms with Crippen LogP contribution in [0.15, 0.2) is 54.1 Å². The van der Waals surface area contributed by atoms with Gasteiger partial charge in [0.15, 0.2) is 0 Å². The minimum Gasteiger partial charge on any atom is -0.478 e. The molecule has 0 heterocycles. The van der Waals surface area contributed by atoms with E-state index in [-0.39, 0.29) is 11.1 Å². The van der Waals surface area contributed by atoms with E-state index in [4.69, 9.17) is 10.4 Å². The quantitative estimate of drug-likeness (QED) is 0.670. The first-order chi connectivity index (χ1) is 11.0. The molecule has 0 saturated heterocycles. The van der Waals surface area contributed by atoms with Crippen LogP contribution in [0.1, 0.15) is 21.5 Å². The summed E-state index contributed by atoms with van der Waals surface area (Å²) in [6.45, 7) is 1.95. The van der Waals surface area contributed by atoms with E-state index < -0.39 is 11.9 Å². The van der Waals surface area contributed by atoms with E-state index in [2.05, 4.69) is 5.32 Å². The summed E-state index contributed by atoms with van der Waals surface area (Å²) < 4.78 is 0. The van der Waals surface area contributed by atoms with Gasteiger partial charge in [0.25, 0.3) is 5.91 Å². The van der Waals surface area contributed by atoms with Crippen molar-refractivity contribution in [2.75, 3.05) is 5.32 Å². The molecular weight excluding hydrogens is 292 g/mol. The number of carboxylic acid groups (broad SMARTS) is 1. The van der Waals surface area contributed by atoms with Crippen LogP contribution in [-0.2, 0) is 4.79 Å². The molecule has 5 heteroatoms. The number of benzene rings is 2. The minimum absolute atomic E-state index is 0.0591. The van der Waals surface area contributed by atoms with Crippen LogP contribution in [0.5, 0.6) is 0 Å². The van der Waals surface area contributed by atoms with Gasteiger partial charge in [-0.2, -0.15) is 5.26 Å². The Hall–Kier alpha value is -3.39. The third kappa shape index (κ3) is 4.29. The Kier molecular flexibility index (Phi) is 4.90. The average molecular weight is 306 g/mol. The van der Waals surface area contributed by atoms with Gasteiger partial charge >= 0.3 is 5.97 Å². The molecule has 23 heavy (non-hydrogen) atoms. The Morgan fingerprint density at radius 1 is 1.17 bits per heavy atom. The van der Waals surface area contributed by atoms with E-state index in [0.29, 0.717) is 5.69 Å². The molecule has 0 radical (unpaired) electrons. The largest absolute Gasteiger partial charge is 0.478 e. The molecule has 114 valence electrons. The van der Waals surface area contributed by atoms with E-state index in [9.17, 15) is 9.59 Å². The average Bonchev–Trinajstić information content (AvgIpc) is 2.54. The van der Waals surface area contributed by atoms with Gasteiger partial charge in [0.1, 0.15) is 11.6 Å². The van der Waals surface area contributed by atoms with Gasteiger partial charge in [-0.15, -0.1) is 0 Å². The second kappa shape index (κ2) is 7.05. The molecule has 0 spiro atoms. The zero-order chi connectivity index (χ0) is 16.8. The van der Waals surface area contributed by atoms with Crippen molar-refractivity contribution in [3.8, 4) is 6.07 Å². The molecule has 0 aromatic heterocycles. The fraction of sp³-hybridized carbons (Fsp3) is 0.0556. The molecule has 2 N–H and O–H groups in total. The van der Waals surface area contributed by atoms with Crippen LogP contribution in [-0.4, -0.2) is 17.0 Å². The number of nitrogens with one attached hydrogen (secondary N) is 1. The van der Waals surface area contributed by atoms with Gasteiger partial charge < -0.3 is 10.4 Å². The topological polar surface area (TPSA) is 90.2 Å². The molecule has 2 aromatic rings. The number of carboxylic acids is 1. The number of carbonyl (C=O) groups excluding carboxylic acids is 1. The van der Waals surface area contributed by atoms with Crippen LogP contribution >= 0.6 is 0 Å². The SMILES string of the molecule is Cc1ccc(C=C(C#N)C(=O)Nc2cccc(C(=O)O)c2)cc1. The molecule has 5 nitrogen and oxygen atoms in total. The summed E-state index contributed by atoms with van der Waals surface area (Å²) in [5, 5.41) is 20.6. The molecule has 0 aliphatic carbocycles. The fourth-order valence-electron chi connectivity index (χ4n) is 1.91. The second-order valence-corrected chi connectivity index (χ2v) is 4.92. The maximum Gasteiger partial charge on any atom is 0.335 e. The van der Waals surface area contributed by atoms with Crippen LogP contribution in [0.4, 0.5) is 5.69 Å². The number of nitrogens with zero attached hydrogens (tertiary/aromatic N) is 1. The van der Waals surface area contributed by atoms with E-state index in [1.165, 1.54) is 24.3 Å². The number of aromatic carboxylic acids is 1. The van der Waals surface area contributed by atoms with Crippen LogP contribution < -0.4 is 5.32 Å². The Balaban J connectivity index is 2.21. The summed E-state index contributed by atoms with van der Waals surface area (Å²) in [5.74, 6) is -1.67. The predicted molar refractivity (Wildman–Crippen MR) is 86.8 cm³/mol. The van der Waals surface area contributed by atoms with Gasteiger partial charge in [-0.1, -0.05) is 35.9 Å². The second-order valence-electron chi connectivity index (χ2n) is 4.92. The lowest BCUT2D eigenvalue weighted by Crippen LogP contribution is -2.13. The number of amides is 1. The van der Waals surface area contributed by atoms with Crippen LogP contribution in [0, 0.1) is 18.3 Å². The molecule has 0 atom stereocenters. The number of rotatable bonds is 4. The van der Waals surface area contributed by atoms with Crippen LogP contribution in [0.25, 0.3) is 6.08 Å². The molecule has 0 aliphatic heterocycles. The van der Waals surface area contributed by atoms with Crippen molar-refractivity contribution in [1.29, 1.82) is 5.26 Å². The lowest BCUT2D eigenvalue weighted by atomic mass is 10.1. The predicted octanol–water partition coefficient (Wildman–Crippen LogP) is 3.24. The Bertz CT molecular complexity index is 815. The standard InChI is InChI=1S/C18H14N2O3/c1-12-5-7-13(8-6-12)9-15(11-19)17(21)20-16-4-2-3-14(10-16)18(22)23/h2-10H,1H3,(H,20,21)(H,22,23). The fourth-order valence-corrected chi connectivity index (χ4v) is 1.91. The van der Waals surface area contributed by atoms with Crippen molar-refractivity contribution < 1.29 is 14.7 Å². The highest BCUT2D eigenvalue weighted by atomic mass is 16.4. The van der Waals surface area contributed by atoms with Crippen molar-refractivity contribution >= 4 is 23.6 Å². The zero-order valence-electron chi connectivity index (χ0n) is 12.4. The minimum atomic E-state index is -1.09. The van der Waals surface area contributed by atoms with E-state index in [0.717, 1.165) is 11.1 Å². The van der Waals surface area contributed by atoms with E-state index >= 15 is 0 Å². The van der Waals surface area contributed by atoms with Gasteiger partial charge in [-0.3, -0.25) is 4.79 Å². The van der Waals surface area contributed by atoms with Gasteiger partial charge in [0.05, 0.1) is 5.56 Å². The number of carbonyl (C=O) groups is 2. The highest BCUT2D eigenvalue weighted by Crippen LogP contribution is 2.14. The number of aryl methyl sites for hydroxylation is 1. The lowest BCUT2D eigenvalue weighted by Gasteiger charge is -2.05. The molecule has 2 aromatic carbocycles. The zero-order valence-corrected chi connectivity index (χ0v) is 12.4. The monoisotopic (exact) mass is 306 g/mol. The van der Waals surface area contributed by atoms with Gasteiger partial charge in [-0.05, 0) is 36.8 Å². The summed E-state index contributed by atoms with van der Waals surface area (Å²) in [7, 11) is 0. The summed E-state index contributed by atoms with van der Waals surface area (Å²) in [6, 6.07) is 15.1. The van der Waals surface area contributed by atoms with Crippen molar-refractivity contribution in [2.24, 2.45) is 0 Å². The van der Waals surface area contributed by atoms with Gasteiger partial charge in [0.2, 0.25) is 0 Å². The van der Waals surface area contributed by atoms with E-state index in [1.807, 2.05) is 37.3 Å². The maximum absolute atomic E-state index is 12.1. The number of nitriles is 1. The van der Waals surface area contributed by atoms with Crippen molar-refractivity contribution in [3.05, 3.63) is 70.8 Å². The molecule has 0 fully saturated rings. The van der Waals surface area contributed by atoms with E-state index in [1.54, 1.807) is 6.07 Å². The highest BCUT2D eigenvalue weighted by molar-refractivity contribution is 6.10. The molecule has 0 bridgehead atoms. The lowest BCUT2D eigenvalue weighted by molar-refractivity contribution is -0.112. The van der Waals surface area contributed by atoms with Crippen LogP contribution in [0.3, 0.4) is 0 Å². The van der Waals surface area contributed by atoms with Crippen molar-refractivity contribution in [2.45, 2.75) is 6.92 Å². The van der Waals surface area contributed by atoms with Crippen molar-refractivity contribution in [3.63, 3.8) is 0 Å². The summed E-state index contributed by atoms with van der Waals surface area (Å²) in [6.07, 6.45) is 1.48. The Morgan fingerprint density at radius 2 is 1.87 bits per heavy atom. The number of hydrogen-bond donors (Lipinski definition) is 2. The Morgan fingerprint density at radius 3 is 2.48 bits per heavy atom. The maximum atomic E-state index is 12.1. The first-order valence-corrected chi connectivity index (χ1v) is 6.83. The first kappa shape index (κ1) is 16.0. The summed E-state index contributed by atoms with van der Waals surface area (Å²) in [4.78, 5) is 23.1. The third-order valence-corrected chi connectivity index (χ3v) is 3.12. The molecular formula is C18H14N2O3. The van der Waals surface area contributed by atoms with Gasteiger partial charge in [-0.25, -0.2) is 4.79 Å². The van der Waals surface area contributed by atoms with Crippen LogP contribution in [0.2, 0.25) is 0 Å². The number of hydrogen-bond acceptors (Lipinski definition) is 3. The normalized spacial score (nSPS) is 10.7. The number of anilines is 1. The Labute approximate surface area is 133 Å². The molecule has 0 aliphatic rings. The summed E-state index contributed by atoms with van der Waals surface area (Å²) >= 11 is 0. The molecule has 0 unspecified atom stereocenters. The molecule has 2 rings (SSSR count). The molecule has 0 saturated carbocycles. The van der Waals surface area contributed by atoms with Crippen molar-refractivity contribution in [1.82, 2.24) is 0 Å².